The Hall–Kier alpha value is -5.25. The molecule has 7 aromatic rings. The summed E-state index contributed by atoms with van der Waals surface area (Å²) in [7, 11) is 0. The van der Waals surface area contributed by atoms with Crippen LogP contribution in [0, 0.1) is 0 Å². The van der Waals surface area contributed by atoms with Gasteiger partial charge in [-0.15, -0.1) is 11.3 Å². The van der Waals surface area contributed by atoms with Gasteiger partial charge >= 0.3 is 0 Å². The van der Waals surface area contributed by atoms with Gasteiger partial charge in [0.05, 0.1) is 10.2 Å². The maximum Gasteiger partial charge on any atom is 0.124 e. The summed E-state index contributed by atoms with van der Waals surface area (Å²) in [5.74, 6) is 0. The fourth-order valence-electron chi connectivity index (χ4n) is 7.40. The minimum Gasteiger partial charge on any atom is -0.310 e. The molecule has 8 rings (SSSR count). The Bertz CT molecular complexity index is 2190. The van der Waals surface area contributed by atoms with Gasteiger partial charge in [0.2, 0.25) is 0 Å². The third-order valence-corrected chi connectivity index (χ3v) is 11.1. The van der Waals surface area contributed by atoms with Gasteiger partial charge in [0.1, 0.15) is 5.01 Å². The molecule has 0 aliphatic heterocycles. The number of anilines is 3. The fourth-order valence-corrected chi connectivity index (χ4v) is 8.36. The van der Waals surface area contributed by atoms with Crippen molar-refractivity contribution in [2.24, 2.45) is 0 Å². The van der Waals surface area contributed by atoms with Crippen molar-refractivity contribution in [3.8, 4) is 32.8 Å². The lowest BCUT2D eigenvalue weighted by Gasteiger charge is -2.32. The molecule has 1 aromatic heterocycles. The number of nitrogens with zero attached hydrogens (tertiary/aromatic N) is 2. The largest absolute Gasteiger partial charge is 0.310 e. The molecule has 1 aliphatic carbocycles. The lowest BCUT2D eigenvalue weighted by Crippen LogP contribution is -2.23. The number of para-hydroxylation sites is 2. The monoisotopic (exact) mass is 624 g/mol. The zero-order valence-electron chi connectivity index (χ0n) is 26.8. The number of aromatic nitrogens is 1. The molecule has 0 bridgehead atoms. The van der Waals surface area contributed by atoms with Crippen LogP contribution in [0.15, 0.2) is 146 Å². The summed E-state index contributed by atoms with van der Waals surface area (Å²) >= 11 is 1.78. The predicted octanol–water partition coefficient (Wildman–Crippen LogP) is 12.8. The maximum atomic E-state index is 5.00. The van der Waals surface area contributed by atoms with E-state index in [0.29, 0.717) is 0 Å². The first-order valence-electron chi connectivity index (χ1n) is 16.5. The number of thiazole rings is 1. The molecule has 0 atom stereocenters. The number of fused-ring (bicyclic) bond motifs is 4. The minimum absolute atomic E-state index is 0.0722. The molecule has 6 aromatic carbocycles. The SMILES string of the molecule is C=Cc1ccc(-c2ccc(N(c3ccccc3)c3ccc4c(c3)C(CC)(CC)c3cc(-c5nc6ccccc6s5)ccc3-4)cc2)cc1. The zero-order valence-corrected chi connectivity index (χ0v) is 27.6. The lowest BCUT2D eigenvalue weighted by molar-refractivity contribution is 0.490. The van der Waals surface area contributed by atoms with Crippen molar-refractivity contribution < 1.29 is 0 Å². The van der Waals surface area contributed by atoms with Gasteiger partial charge in [0, 0.05) is 28.0 Å². The van der Waals surface area contributed by atoms with E-state index < -0.39 is 0 Å². The van der Waals surface area contributed by atoms with Gasteiger partial charge in [0.15, 0.2) is 0 Å². The number of rotatable bonds is 8. The zero-order chi connectivity index (χ0) is 32.0. The van der Waals surface area contributed by atoms with E-state index in [2.05, 4.69) is 165 Å². The molecule has 0 spiro atoms. The molecule has 47 heavy (non-hydrogen) atoms. The topological polar surface area (TPSA) is 16.1 Å². The molecule has 0 radical (unpaired) electrons. The van der Waals surface area contributed by atoms with Gasteiger partial charge in [-0.25, -0.2) is 4.98 Å². The first-order chi connectivity index (χ1) is 23.1. The molecule has 0 amide bonds. The van der Waals surface area contributed by atoms with E-state index in [4.69, 9.17) is 4.98 Å². The normalized spacial score (nSPS) is 12.9. The van der Waals surface area contributed by atoms with E-state index in [1.807, 2.05) is 6.08 Å². The van der Waals surface area contributed by atoms with Gasteiger partial charge in [-0.3, -0.25) is 0 Å². The van der Waals surface area contributed by atoms with Crippen molar-refractivity contribution in [3.63, 3.8) is 0 Å². The highest BCUT2D eigenvalue weighted by atomic mass is 32.1. The van der Waals surface area contributed by atoms with Crippen LogP contribution in [0.5, 0.6) is 0 Å². The third kappa shape index (κ3) is 4.90. The fraction of sp³-hybridized carbons (Fsp3) is 0.114. The van der Waals surface area contributed by atoms with Crippen LogP contribution in [-0.4, -0.2) is 4.98 Å². The highest BCUT2D eigenvalue weighted by molar-refractivity contribution is 7.21. The molecule has 0 unspecified atom stereocenters. The molecule has 1 aliphatic rings. The van der Waals surface area contributed by atoms with Crippen molar-refractivity contribution in [2.45, 2.75) is 32.1 Å². The second-order valence-corrected chi connectivity index (χ2v) is 13.3. The standard InChI is InChI=1S/C44H36N2S/c1-4-30-16-18-31(19-17-30)32-20-23-35(24-21-32)46(34-12-8-7-9-13-34)36-25-27-38-37-26-22-33(43-45-41-14-10-11-15-42(41)47-43)28-39(37)44(5-2,6-3)40(38)29-36/h4,7-29H,1,5-6H2,2-3H3. The van der Waals surface area contributed by atoms with Crippen LogP contribution in [0.1, 0.15) is 43.4 Å². The van der Waals surface area contributed by atoms with Crippen LogP contribution in [0.4, 0.5) is 17.1 Å². The summed E-state index contributed by atoms with van der Waals surface area (Å²) in [5, 5.41) is 1.09. The van der Waals surface area contributed by atoms with Crippen LogP contribution in [0.2, 0.25) is 0 Å². The van der Waals surface area contributed by atoms with Crippen LogP contribution in [0.25, 0.3) is 49.1 Å². The van der Waals surface area contributed by atoms with Crippen LogP contribution >= 0.6 is 11.3 Å². The Kier molecular flexibility index (Phi) is 7.35. The summed E-state index contributed by atoms with van der Waals surface area (Å²) < 4.78 is 1.23. The summed E-state index contributed by atoms with van der Waals surface area (Å²) in [6.45, 7) is 8.58. The Morgan fingerprint density at radius 3 is 1.87 bits per heavy atom. The first-order valence-corrected chi connectivity index (χ1v) is 17.3. The van der Waals surface area contributed by atoms with E-state index in [9.17, 15) is 0 Å². The van der Waals surface area contributed by atoms with Crippen molar-refractivity contribution in [1.82, 2.24) is 4.98 Å². The van der Waals surface area contributed by atoms with Crippen molar-refractivity contribution >= 4 is 44.7 Å². The molecule has 0 N–H and O–H groups in total. The van der Waals surface area contributed by atoms with Crippen LogP contribution in [-0.2, 0) is 5.41 Å². The summed E-state index contributed by atoms with van der Waals surface area (Å²) in [6, 6.07) is 50.7. The minimum atomic E-state index is -0.0722. The average Bonchev–Trinajstić information content (AvgIpc) is 3.69. The molecule has 3 heteroatoms. The highest BCUT2D eigenvalue weighted by Gasteiger charge is 2.41. The summed E-state index contributed by atoms with van der Waals surface area (Å²) in [4.78, 5) is 7.39. The van der Waals surface area contributed by atoms with E-state index in [-0.39, 0.29) is 5.41 Å². The maximum absolute atomic E-state index is 5.00. The van der Waals surface area contributed by atoms with Gasteiger partial charge in [-0.2, -0.15) is 0 Å². The van der Waals surface area contributed by atoms with E-state index >= 15 is 0 Å². The molecular weight excluding hydrogens is 589 g/mol. The van der Waals surface area contributed by atoms with Crippen molar-refractivity contribution in [3.05, 3.63) is 163 Å². The second kappa shape index (κ2) is 11.8. The highest BCUT2D eigenvalue weighted by Crippen LogP contribution is 2.55. The Labute approximate surface area is 281 Å². The van der Waals surface area contributed by atoms with Crippen LogP contribution in [0.3, 0.4) is 0 Å². The Balaban J connectivity index is 1.22. The number of hydrogen-bond acceptors (Lipinski definition) is 3. The third-order valence-electron chi connectivity index (χ3n) is 9.97. The molecule has 1 heterocycles. The Morgan fingerprint density at radius 1 is 0.617 bits per heavy atom. The molecular formula is C44H36N2S. The lowest BCUT2D eigenvalue weighted by atomic mass is 9.73. The van der Waals surface area contributed by atoms with E-state index in [1.54, 1.807) is 11.3 Å². The molecule has 0 saturated heterocycles. The molecule has 228 valence electrons. The number of benzene rings is 6. The molecule has 0 fully saturated rings. The van der Waals surface area contributed by atoms with Crippen LogP contribution < -0.4 is 4.90 Å². The van der Waals surface area contributed by atoms with Gasteiger partial charge in [-0.05, 0) is 106 Å². The number of hydrogen-bond donors (Lipinski definition) is 0. The van der Waals surface area contributed by atoms with Crippen molar-refractivity contribution in [1.29, 1.82) is 0 Å². The second-order valence-electron chi connectivity index (χ2n) is 12.3. The van der Waals surface area contributed by atoms with E-state index in [1.165, 1.54) is 49.3 Å². The van der Waals surface area contributed by atoms with Gasteiger partial charge < -0.3 is 4.90 Å². The van der Waals surface area contributed by atoms with Gasteiger partial charge in [-0.1, -0.05) is 111 Å². The molecule has 0 saturated carbocycles. The Morgan fingerprint density at radius 2 is 1.19 bits per heavy atom. The molecule has 2 nitrogen and oxygen atoms in total. The smallest absolute Gasteiger partial charge is 0.124 e. The predicted molar refractivity (Wildman–Crippen MR) is 202 cm³/mol. The van der Waals surface area contributed by atoms with Crippen molar-refractivity contribution in [2.75, 3.05) is 4.90 Å². The summed E-state index contributed by atoms with van der Waals surface area (Å²) in [6.07, 6.45) is 3.94. The quantitative estimate of drug-likeness (QED) is 0.167. The van der Waals surface area contributed by atoms with Gasteiger partial charge in [0.25, 0.3) is 0 Å². The van der Waals surface area contributed by atoms with E-state index in [0.717, 1.165) is 40.3 Å². The summed E-state index contributed by atoms with van der Waals surface area (Å²) in [5.41, 5.74) is 14.7. The first kappa shape index (κ1) is 29.2. The average molecular weight is 625 g/mol.